The van der Waals surface area contributed by atoms with E-state index in [9.17, 15) is 9.59 Å². The number of rotatable bonds is 9. The number of carbonyl (C=O) groups is 2. The maximum Gasteiger partial charge on any atom is 0.242 e. The Morgan fingerprint density at radius 2 is 1.70 bits per heavy atom. The van der Waals surface area contributed by atoms with Crippen LogP contribution in [0.2, 0.25) is 0 Å². The first kappa shape index (κ1) is 21.0. The van der Waals surface area contributed by atoms with Crippen molar-refractivity contribution >= 4 is 23.6 Å². The molecule has 4 nitrogen and oxygen atoms in total. The van der Waals surface area contributed by atoms with Gasteiger partial charge in [0.2, 0.25) is 11.8 Å². The van der Waals surface area contributed by atoms with Gasteiger partial charge in [-0.05, 0) is 43.5 Å². The van der Waals surface area contributed by atoms with Crippen molar-refractivity contribution in [3.63, 3.8) is 0 Å². The molecule has 0 spiro atoms. The fourth-order valence-electron chi connectivity index (χ4n) is 2.93. The second-order valence-corrected chi connectivity index (χ2v) is 7.42. The highest BCUT2D eigenvalue weighted by Gasteiger charge is 2.28. The van der Waals surface area contributed by atoms with E-state index in [0.29, 0.717) is 25.3 Å². The Morgan fingerprint density at radius 3 is 2.33 bits per heavy atom. The van der Waals surface area contributed by atoms with Crippen molar-refractivity contribution in [1.82, 2.24) is 10.2 Å². The molecule has 0 aliphatic carbocycles. The molecule has 0 saturated carbocycles. The smallest absolute Gasteiger partial charge is 0.242 e. The molecule has 0 fully saturated rings. The van der Waals surface area contributed by atoms with Crippen molar-refractivity contribution in [3.8, 4) is 0 Å². The number of amides is 2. The molecule has 1 unspecified atom stereocenters. The molecule has 27 heavy (non-hydrogen) atoms. The van der Waals surface area contributed by atoms with Crippen LogP contribution in [0.3, 0.4) is 0 Å². The van der Waals surface area contributed by atoms with Gasteiger partial charge in [0.15, 0.2) is 0 Å². The first-order chi connectivity index (χ1) is 13.1. The van der Waals surface area contributed by atoms with Crippen molar-refractivity contribution in [2.24, 2.45) is 0 Å². The minimum atomic E-state index is -0.464. The predicted octanol–water partition coefficient (Wildman–Crippen LogP) is 4.03. The summed E-state index contributed by atoms with van der Waals surface area (Å²) in [6, 6.07) is 17.4. The van der Waals surface area contributed by atoms with Gasteiger partial charge in [-0.2, -0.15) is 0 Å². The maximum absolute atomic E-state index is 13.1. The Bertz CT molecular complexity index is 749. The molecule has 2 rings (SSSR count). The molecule has 0 saturated heterocycles. The summed E-state index contributed by atoms with van der Waals surface area (Å²) in [4.78, 5) is 28.4. The number of benzene rings is 2. The van der Waals surface area contributed by atoms with E-state index in [1.165, 1.54) is 11.8 Å². The van der Waals surface area contributed by atoms with Gasteiger partial charge >= 0.3 is 0 Å². The van der Waals surface area contributed by atoms with Crippen molar-refractivity contribution in [2.45, 2.75) is 44.7 Å². The third-order valence-corrected chi connectivity index (χ3v) is 5.44. The van der Waals surface area contributed by atoms with Crippen LogP contribution in [0.4, 0.5) is 0 Å². The van der Waals surface area contributed by atoms with E-state index < -0.39 is 6.04 Å². The highest BCUT2D eigenvalue weighted by molar-refractivity contribution is 8.00. The lowest BCUT2D eigenvalue weighted by atomic mass is 10.1. The largest absolute Gasteiger partial charge is 0.355 e. The minimum absolute atomic E-state index is 0.0230. The highest BCUT2D eigenvalue weighted by atomic mass is 32.2. The molecule has 0 aromatic heterocycles. The number of hydrogen-bond donors (Lipinski definition) is 1. The second kappa shape index (κ2) is 10.8. The van der Waals surface area contributed by atoms with E-state index in [-0.39, 0.29) is 11.8 Å². The Balaban J connectivity index is 2.20. The van der Waals surface area contributed by atoms with Crippen molar-refractivity contribution in [3.05, 3.63) is 65.7 Å². The van der Waals surface area contributed by atoms with Crippen LogP contribution in [0, 0.1) is 6.92 Å². The molecule has 0 heterocycles. The molecule has 1 N–H and O–H groups in total. The van der Waals surface area contributed by atoms with Gasteiger partial charge < -0.3 is 10.2 Å². The lowest BCUT2D eigenvalue weighted by Crippen LogP contribution is -2.49. The lowest BCUT2D eigenvalue weighted by Gasteiger charge is -2.31. The Hall–Kier alpha value is -2.27. The molecular weight excluding hydrogens is 356 g/mol. The van der Waals surface area contributed by atoms with E-state index in [0.717, 1.165) is 16.0 Å². The molecule has 1 atom stereocenters. The zero-order valence-electron chi connectivity index (χ0n) is 16.3. The van der Waals surface area contributed by atoms with Crippen molar-refractivity contribution < 1.29 is 9.59 Å². The van der Waals surface area contributed by atoms with Crippen LogP contribution in [-0.4, -0.2) is 35.1 Å². The molecule has 0 bridgehead atoms. The molecule has 0 aliphatic heterocycles. The first-order valence-electron chi connectivity index (χ1n) is 9.36. The number of nitrogens with one attached hydrogen (secondary N) is 1. The van der Waals surface area contributed by atoms with Crippen LogP contribution in [0.15, 0.2) is 59.5 Å². The molecule has 2 aromatic carbocycles. The minimum Gasteiger partial charge on any atom is -0.355 e. The third-order valence-electron chi connectivity index (χ3n) is 4.44. The number of hydrogen-bond acceptors (Lipinski definition) is 3. The second-order valence-electron chi connectivity index (χ2n) is 6.37. The van der Waals surface area contributed by atoms with Gasteiger partial charge in [-0.25, -0.2) is 0 Å². The molecular formula is C22H28N2O2S. The Labute approximate surface area is 166 Å². The van der Waals surface area contributed by atoms with E-state index >= 15 is 0 Å². The van der Waals surface area contributed by atoms with Crippen molar-refractivity contribution in [2.75, 3.05) is 12.3 Å². The SMILES string of the molecule is CCNC(=O)C(CC)N(Cc1ccccc1C)C(=O)CSc1ccccc1. The van der Waals surface area contributed by atoms with Gasteiger partial charge in [0, 0.05) is 18.0 Å². The lowest BCUT2D eigenvalue weighted by molar-refractivity contribution is -0.139. The van der Waals surface area contributed by atoms with Gasteiger partial charge in [-0.15, -0.1) is 11.8 Å². The number of aryl methyl sites for hydroxylation is 1. The monoisotopic (exact) mass is 384 g/mol. The Kier molecular flexibility index (Phi) is 8.40. The van der Waals surface area contributed by atoms with Gasteiger partial charge in [0.1, 0.15) is 6.04 Å². The summed E-state index contributed by atoms with van der Waals surface area (Å²) in [6.45, 7) is 6.87. The zero-order valence-corrected chi connectivity index (χ0v) is 17.1. The quantitative estimate of drug-likeness (QED) is 0.664. The number of likely N-dealkylation sites (N-methyl/N-ethyl adjacent to an activating group) is 1. The van der Waals surface area contributed by atoms with Crippen LogP contribution in [0.1, 0.15) is 31.4 Å². The summed E-state index contributed by atoms with van der Waals surface area (Å²) < 4.78 is 0. The standard InChI is InChI=1S/C22H28N2O2S/c1-4-20(22(26)23-5-2)24(15-18-12-10-9-11-17(18)3)21(25)16-27-19-13-7-6-8-14-19/h6-14,20H,4-5,15-16H2,1-3H3,(H,23,26). The van der Waals surface area contributed by atoms with Crippen LogP contribution >= 0.6 is 11.8 Å². The number of thioether (sulfide) groups is 1. The van der Waals surface area contributed by atoms with Crippen LogP contribution in [0.25, 0.3) is 0 Å². The summed E-state index contributed by atoms with van der Waals surface area (Å²) in [7, 11) is 0. The first-order valence-corrected chi connectivity index (χ1v) is 10.3. The Morgan fingerprint density at radius 1 is 1.04 bits per heavy atom. The average molecular weight is 385 g/mol. The van der Waals surface area contributed by atoms with E-state index in [1.807, 2.05) is 75.4 Å². The fraction of sp³-hybridized carbons (Fsp3) is 0.364. The van der Waals surface area contributed by atoms with Crippen LogP contribution < -0.4 is 5.32 Å². The fourth-order valence-corrected chi connectivity index (χ4v) is 3.73. The summed E-state index contributed by atoms with van der Waals surface area (Å²) in [5.74, 6) is 0.197. The van der Waals surface area contributed by atoms with E-state index in [1.54, 1.807) is 4.90 Å². The van der Waals surface area contributed by atoms with Crippen molar-refractivity contribution in [1.29, 1.82) is 0 Å². The normalized spacial score (nSPS) is 11.7. The van der Waals surface area contributed by atoms with Gasteiger partial charge in [-0.1, -0.05) is 49.4 Å². The topological polar surface area (TPSA) is 49.4 Å². The predicted molar refractivity (Wildman–Crippen MR) is 112 cm³/mol. The average Bonchev–Trinajstić information content (AvgIpc) is 2.68. The molecule has 0 aliphatic rings. The van der Waals surface area contributed by atoms with E-state index in [4.69, 9.17) is 0 Å². The maximum atomic E-state index is 13.1. The molecule has 2 amide bonds. The number of nitrogens with zero attached hydrogens (tertiary/aromatic N) is 1. The molecule has 144 valence electrons. The summed E-state index contributed by atoms with van der Waals surface area (Å²) >= 11 is 1.50. The van der Waals surface area contributed by atoms with Gasteiger partial charge in [0.25, 0.3) is 0 Å². The molecule has 0 radical (unpaired) electrons. The molecule has 5 heteroatoms. The molecule has 2 aromatic rings. The zero-order chi connectivity index (χ0) is 19.6. The third kappa shape index (κ3) is 6.14. The summed E-state index contributed by atoms with van der Waals surface area (Å²) in [6.07, 6.45) is 0.583. The van der Waals surface area contributed by atoms with Gasteiger partial charge in [0.05, 0.1) is 5.75 Å². The highest BCUT2D eigenvalue weighted by Crippen LogP contribution is 2.21. The number of carbonyl (C=O) groups excluding carboxylic acids is 2. The van der Waals surface area contributed by atoms with Crippen LogP contribution in [0.5, 0.6) is 0 Å². The van der Waals surface area contributed by atoms with Gasteiger partial charge in [-0.3, -0.25) is 9.59 Å². The summed E-state index contributed by atoms with van der Waals surface area (Å²) in [5.41, 5.74) is 2.19. The summed E-state index contributed by atoms with van der Waals surface area (Å²) in [5, 5.41) is 2.87. The van der Waals surface area contributed by atoms with Crippen LogP contribution in [-0.2, 0) is 16.1 Å². The van der Waals surface area contributed by atoms with E-state index in [2.05, 4.69) is 5.32 Å².